The average Bonchev–Trinajstić information content (AvgIpc) is 2.48. The van der Waals surface area contributed by atoms with E-state index in [0.29, 0.717) is 11.3 Å². The number of rotatable bonds is 2. The quantitative estimate of drug-likeness (QED) is 0.664. The Labute approximate surface area is 117 Å². The molecule has 0 saturated carbocycles. The zero-order valence-electron chi connectivity index (χ0n) is 10.9. The van der Waals surface area contributed by atoms with Gasteiger partial charge in [0.25, 0.3) is 0 Å². The highest BCUT2D eigenvalue weighted by atomic mass is 19.1. The van der Waals surface area contributed by atoms with E-state index in [-0.39, 0.29) is 5.82 Å². The number of anilines is 1. The molecule has 0 bridgehead atoms. The van der Waals surface area contributed by atoms with E-state index in [1.807, 2.05) is 42.5 Å². The van der Waals surface area contributed by atoms with Crippen molar-refractivity contribution in [2.24, 2.45) is 0 Å². The maximum atomic E-state index is 13.9. The molecule has 3 aromatic rings. The Balaban J connectivity index is 1.97. The fraction of sp³-hybridized carbons (Fsp3) is 0. The van der Waals surface area contributed by atoms with Crippen LogP contribution >= 0.6 is 0 Å². The van der Waals surface area contributed by atoms with E-state index >= 15 is 0 Å². The molecular formula is C18H14FN. The molecule has 0 heterocycles. The maximum Gasteiger partial charge on any atom is 0.133 e. The van der Waals surface area contributed by atoms with Gasteiger partial charge in [0.1, 0.15) is 5.82 Å². The van der Waals surface area contributed by atoms with Gasteiger partial charge in [-0.2, -0.15) is 0 Å². The largest absolute Gasteiger partial charge is 0.399 e. The van der Waals surface area contributed by atoms with Gasteiger partial charge in [-0.15, -0.1) is 0 Å². The van der Waals surface area contributed by atoms with Gasteiger partial charge in [-0.3, -0.25) is 0 Å². The van der Waals surface area contributed by atoms with Crippen molar-refractivity contribution in [2.75, 3.05) is 5.73 Å². The first-order chi connectivity index (χ1) is 9.74. The number of hydrogen-bond acceptors (Lipinski definition) is 1. The summed E-state index contributed by atoms with van der Waals surface area (Å²) in [6.07, 6.45) is 0. The molecule has 0 aliphatic carbocycles. The van der Waals surface area contributed by atoms with Gasteiger partial charge in [0.15, 0.2) is 0 Å². The third-order valence-corrected chi connectivity index (χ3v) is 3.30. The zero-order chi connectivity index (χ0) is 13.9. The monoisotopic (exact) mass is 263 g/mol. The molecule has 3 rings (SSSR count). The second kappa shape index (κ2) is 5.17. The first kappa shape index (κ1) is 12.4. The molecule has 0 unspecified atom stereocenters. The number of nitrogens with two attached hydrogens (primary N) is 1. The highest BCUT2D eigenvalue weighted by molar-refractivity contribution is 5.71. The normalized spacial score (nSPS) is 10.4. The van der Waals surface area contributed by atoms with E-state index in [2.05, 4.69) is 12.1 Å². The van der Waals surface area contributed by atoms with Crippen LogP contribution < -0.4 is 5.73 Å². The Morgan fingerprint density at radius 2 is 1.25 bits per heavy atom. The third-order valence-electron chi connectivity index (χ3n) is 3.30. The van der Waals surface area contributed by atoms with Crippen molar-refractivity contribution in [3.63, 3.8) is 0 Å². The van der Waals surface area contributed by atoms with Crippen LogP contribution in [-0.4, -0.2) is 0 Å². The minimum absolute atomic E-state index is 0.294. The summed E-state index contributed by atoms with van der Waals surface area (Å²) in [7, 11) is 0. The number of halogens is 1. The van der Waals surface area contributed by atoms with E-state index in [1.54, 1.807) is 12.1 Å². The molecule has 3 aromatic carbocycles. The molecule has 1 nitrogen and oxygen atoms in total. The van der Waals surface area contributed by atoms with Gasteiger partial charge in [0.2, 0.25) is 0 Å². The Morgan fingerprint density at radius 1 is 0.650 bits per heavy atom. The predicted octanol–water partition coefficient (Wildman–Crippen LogP) is 4.74. The lowest BCUT2D eigenvalue weighted by atomic mass is 10.00. The van der Waals surface area contributed by atoms with E-state index in [1.165, 1.54) is 6.07 Å². The maximum absolute atomic E-state index is 13.9. The number of nitrogen functional groups attached to an aromatic ring is 1. The van der Waals surface area contributed by atoms with E-state index in [9.17, 15) is 4.39 Å². The zero-order valence-corrected chi connectivity index (χ0v) is 10.9. The van der Waals surface area contributed by atoms with E-state index in [0.717, 1.165) is 16.7 Å². The van der Waals surface area contributed by atoms with Crippen LogP contribution in [0, 0.1) is 5.82 Å². The van der Waals surface area contributed by atoms with Crippen LogP contribution in [0.1, 0.15) is 0 Å². The van der Waals surface area contributed by atoms with Gasteiger partial charge >= 0.3 is 0 Å². The lowest BCUT2D eigenvalue weighted by Crippen LogP contribution is -1.89. The van der Waals surface area contributed by atoms with Crippen LogP contribution in [-0.2, 0) is 0 Å². The molecule has 0 amide bonds. The fourth-order valence-corrected chi connectivity index (χ4v) is 2.24. The molecule has 2 N–H and O–H groups in total. The second-order valence-corrected chi connectivity index (χ2v) is 4.68. The Hall–Kier alpha value is -2.61. The van der Waals surface area contributed by atoms with Gasteiger partial charge < -0.3 is 5.73 Å². The molecule has 0 aliphatic heterocycles. The summed E-state index contributed by atoms with van der Waals surface area (Å²) in [5.41, 5.74) is 9.69. The van der Waals surface area contributed by atoms with Crippen LogP contribution in [0.2, 0.25) is 0 Å². The van der Waals surface area contributed by atoms with Crippen molar-refractivity contribution < 1.29 is 4.39 Å². The second-order valence-electron chi connectivity index (χ2n) is 4.68. The van der Waals surface area contributed by atoms with Crippen molar-refractivity contribution in [3.05, 3.63) is 78.6 Å². The number of hydrogen-bond donors (Lipinski definition) is 1. The molecule has 0 radical (unpaired) electrons. The topological polar surface area (TPSA) is 26.0 Å². The fourth-order valence-electron chi connectivity index (χ4n) is 2.24. The molecule has 0 saturated heterocycles. The number of benzene rings is 3. The SMILES string of the molecule is Nc1ccc(-c2ccc(-c3ccccc3)cc2)c(F)c1. The highest BCUT2D eigenvalue weighted by Crippen LogP contribution is 2.27. The van der Waals surface area contributed by atoms with Crippen molar-refractivity contribution in [2.45, 2.75) is 0 Å². The van der Waals surface area contributed by atoms with Crippen LogP contribution in [0.4, 0.5) is 10.1 Å². The van der Waals surface area contributed by atoms with Crippen molar-refractivity contribution in [3.8, 4) is 22.3 Å². The summed E-state index contributed by atoms with van der Waals surface area (Å²) in [6, 6.07) is 22.7. The minimum Gasteiger partial charge on any atom is -0.399 e. The van der Waals surface area contributed by atoms with Gasteiger partial charge in [-0.1, -0.05) is 54.6 Å². The van der Waals surface area contributed by atoms with Crippen LogP contribution in [0.5, 0.6) is 0 Å². The molecule has 0 atom stereocenters. The lowest BCUT2D eigenvalue weighted by Gasteiger charge is -2.06. The summed E-state index contributed by atoms with van der Waals surface area (Å²) >= 11 is 0. The Morgan fingerprint density at radius 3 is 1.90 bits per heavy atom. The summed E-state index contributed by atoms with van der Waals surface area (Å²) < 4.78 is 13.9. The van der Waals surface area contributed by atoms with Crippen LogP contribution in [0.25, 0.3) is 22.3 Å². The summed E-state index contributed by atoms with van der Waals surface area (Å²) in [5, 5.41) is 0. The first-order valence-electron chi connectivity index (χ1n) is 6.45. The highest BCUT2D eigenvalue weighted by Gasteiger charge is 2.05. The molecule has 0 fully saturated rings. The minimum atomic E-state index is -0.294. The molecular weight excluding hydrogens is 249 g/mol. The molecule has 20 heavy (non-hydrogen) atoms. The molecule has 0 spiro atoms. The van der Waals surface area contributed by atoms with Crippen molar-refractivity contribution in [1.82, 2.24) is 0 Å². The summed E-state index contributed by atoms with van der Waals surface area (Å²) in [6.45, 7) is 0. The van der Waals surface area contributed by atoms with E-state index < -0.39 is 0 Å². The Kier molecular flexibility index (Phi) is 3.21. The van der Waals surface area contributed by atoms with Gasteiger partial charge in [0.05, 0.1) is 0 Å². The lowest BCUT2D eigenvalue weighted by molar-refractivity contribution is 0.632. The Bertz CT molecular complexity index is 718. The van der Waals surface area contributed by atoms with Gasteiger partial charge in [-0.25, -0.2) is 4.39 Å². The van der Waals surface area contributed by atoms with Crippen molar-refractivity contribution in [1.29, 1.82) is 0 Å². The van der Waals surface area contributed by atoms with E-state index in [4.69, 9.17) is 5.73 Å². The molecule has 2 heteroatoms. The van der Waals surface area contributed by atoms with Gasteiger partial charge in [0, 0.05) is 11.3 Å². The smallest absolute Gasteiger partial charge is 0.133 e. The molecule has 0 aliphatic rings. The van der Waals surface area contributed by atoms with Crippen LogP contribution in [0.3, 0.4) is 0 Å². The predicted molar refractivity (Wildman–Crippen MR) is 81.7 cm³/mol. The van der Waals surface area contributed by atoms with Crippen molar-refractivity contribution >= 4 is 5.69 Å². The first-order valence-corrected chi connectivity index (χ1v) is 6.45. The average molecular weight is 263 g/mol. The van der Waals surface area contributed by atoms with Gasteiger partial charge in [-0.05, 0) is 34.9 Å². The van der Waals surface area contributed by atoms with Crippen LogP contribution in [0.15, 0.2) is 72.8 Å². The third kappa shape index (κ3) is 2.41. The molecule has 98 valence electrons. The molecule has 0 aromatic heterocycles. The standard InChI is InChI=1S/C18H14FN/c19-18-12-16(20)10-11-17(18)15-8-6-14(7-9-15)13-4-2-1-3-5-13/h1-12H,20H2. The summed E-state index contributed by atoms with van der Waals surface area (Å²) in [5.74, 6) is -0.294. The summed E-state index contributed by atoms with van der Waals surface area (Å²) in [4.78, 5) is 0.